The summed E-state index contributed by atoms with van der Waals surface area (Å²) in [4.78, 5) is 26.6. The first-order valence-electron chi connectivity index (χ1n) is 6.20. The minimum absolute atomic E-state index is 0.0462. The number of amides is 1. The van der Waals surface area contributed by atoms with E-state index in [4.69, 9.17) is 4.74 Å². The maximum atomic E-state index is 13.4. The Labute approximate surface area is 120 Å². The number of nitrogens with one attached hydrogen (secondary N) is 1. The molecule has 21 heavy (non-hydrogen) atoms. The summed E-state index contributed by atoms with van der Waals surface area (Å²) in [5.41, 5.74) is 0.906. The van der Waals surface area contributed by atoms with Crippen LogP contribution < -0.4 is 5.32 Å². The highest BCUT2D eigenvalue weighted by molar-refractivity contribution is 6.04. The maximum Gasteiger partial charge on any atom is 0.303 e. The molecule has 0 radical (unpaired) electrons. The molecule has 1 aromatic heterocycles. The summed E-state index contributed by atoms with van der Waals surface area (Å²) in [5.74, 6) is -1.38. The van der Waals surface area contributed by atoms with Crippen molar-refractivity contribution in [3.63, 3.8) is 0 Å². The summed E-state index contributed by atoms with van der Waals surface area (Å²) in [6, 6.07) is 8.99. The van der Waals surface area contributed by atoms with Crippen LogP contribution in [0, 0.1) is 5.82 Å². The van der Waals surface area contributed by atoms with Crippen molar-refractivity contribution in [2.75, 3.05) is 5.32 Å². The number of halogens is 1. The van der Waals surface area contributed by atoms with Gasteiger partial charge in [-0.05, 0) is 24.3 Å². The smallest absolute Gasteiger partial charge is 0.303 e. The Morgan fingerprint density at radius 1 is 1.24 bits per heavy atom. The van der Waals surface area contributed by atoms with E-state index in [1.807, 2.05) is 0 Å². The van der Waals surface area contributed by atoms with Crippen molar-refractivity contribution in [2.24, 2.45) is 0 Å². The Morgan fingerprint density at radius 2 is 2.00 bits per heavy atom. The summed E-state index contributed by atoms with van der Waals surface area (Å²) < 4.78 is 18.2. The van der Waals surface area contributed by atoms with Crippen LogP contribution in [0.5, 0.6) is 0 Å². The van der Waals surface area contributed by atoms with Crippen molar-refractivity contribution >= 4 is 17.6 Å². The highest BCUT2D eigenvalue weighted by Crippen LogP contribution is 2.14. The third-order valence-corrected chi connectivity index (χ3v) is 2.63. The molecule has 5 nitrogen and oxygen atoms in total. The highest BCUT2D eigenvalue weighted by atomic mass is 19.1. The molecule has 0 spiro atoms. The number of benzene rings is 1. The van der Waals surface area contributed by atoms with Crippen molar-refractivity contribution in [1.82, 2.24) is 4.98 Å². The number of hydrogen-bond donors (Lipinski definition) is 1. The van der Waals surface area contributed by atoms with Crippen LogP contribution in [0.2, 0.25) is 0 Å². The van der Waals surface area contributed by atoms with Gasteiger partial charge in [0.2, 0.25) is 0 Å². The normalized spacial score (nSPS) is 10.0. The van der Waals surface area contributed by atoms with Crippen LogP contribution >= 0.6 is 0 Å². The Balaban J connectivity index is 2.03. The second-order valence-corrected chi connectivity index (χ2v) is 4.25. The van der Waals surface area contributed by atoms with Gasteiger partial charge < -0.3 is 10.1 Å². The van der Waals surface area contributed by atoms with Crippen molar-refractivity contribution in [3.05, 3.63) is 59.7 Å². The van der Waals surface area contributed by atoms with E-state index in [-0.39, 0.29) is 17.9 Å². The largest absolute Gasteiger partial charge is 0.459 e. The van der Waals surface area contributed by atoms with E-state index in [9.17, 15) is 14.0 Å². The van der Waals surface area contributed by atoms with Crippen LogP contribution in [-0.4, -0.2) is 16.9 Å². The molecule has 1 amide bonds. The molecule has 108 valence electrons. The van der Waals surface area contributed by atoms with Crippen molar-refractivity contribution in [1.29, 1.82) is 0 Å². The predicted octanol–water partition coefficient (Wildman–Crippen LogP) is 2.54. The van der Waals surface area contributed by atoms with Gasteiger partial charge >= 0.3 is 5.97 Å². The molecule has 0 bridgehead atoms. The zero-order chi connectivity index (χ0) is 15.2. The Kier molecular flexibility index (Phi) is 4.61. The molecule has 0 aliphatic rings. The van der Waals surface area contributed by atoms with Crippen LogP contribution in [0.15, 0.2) is 42.6 Å². The van der Waals surface area contributed by atoms with Crippen LogP contribution in [0.25, 0.3) is 0 Å². The number of hydrogen-bond acceptors (Lipinski definition) is 4. The molecule has 1 N–H and O–H groups in total. The second-order valence-electron chi connectivity index (χ2n) is 4.25. The molecule has 1 heterocycles. The van der Waals surface area contributed by atoms with E-state index < -0.39 is 17.7 Å². The lowest BCUT2D eigenvalue weighted by Crippen LogP contribution is -2.13. The first kappa shape index (κ1) is 14.6. The molecular formula is C15H13FN2O3. The first-order valence-corrected chi connectivity index (χ1v) is 6.20. The average Bonchev–Trinajstić information content (AvgIpc) is 2.48. The third kappa shape index (κ3) is 4.10. The van der Waals surface area contributed by atoms with Gasteiger partial charge in [0, 0.05) is 13.1 Å². The van der Waals surface area contributed by atoms with Crippen LogP contribution in [0.3, 0.4) is 0 Å². The quantitative estimate of drug-likeness (QED) is 0.878. The Bertz CT molecular complexity index is 656. The standard InChI is InChI=1S/C15H13FN2O3/c1-10(19)21-9-12-7-6-11(8-17-12)15(20)18-14-5-3-2-4-13(14)16/h2-8H,9H2,1H3,(H,18,20). The highest BCUT2D eigenvalue weighted by Gasteiger charge is 2.09. The zero-order valence-electron chi connectivity index (χ0n) is 11.3. The summed E-state index contributed by atoms with van der Waals surface area (Å²) in [5, 5.41) is 2.46. The second kappa shape index (κ2) is 6.60. The van der Waals surface area contributed by atoms with Gasteiger partial charge in [-0.3, -0.25) is 14.6 Å². The number of pyridine rings is 1. The van der Waals surface area contributed by atoms with E-state index >= 15 is 0 Å². The number of ether oxygens (including phenoxy) is 1. The predicted molar refractivity (Wildman–Crippen MR) is 74.1 cm³/mol. The number of para-hydroxylation sites is 1. The molecular weight excluding hydrogens is 275 g/mol. The number of carbonyl (C=O) groups excluding carboxylic acids is 2. The minimum atomic E-state index is -0.509. The van der Waals surface area contributed by atoms with Gasteiger partial charge in [0.15, 0.2) is 0 Å². The van der Waals surface area contributed by atoms with Crippen LogP contribution in [-0.2, 0) is 16.1 Å². The van der Waals surface area contributed by atoms with Crippen molar-refractivity contribution in [3.8, 4) is 0 Å². The SMILES string of the molecule is CC(=O)OCc1ccc(C(=O)Nc2ccccc2F)cn1. The molecule has 2 aromatic rings. The van der Waals surface area contributed by atoms with Gasteiger partial charge in [0.25, 0.3) is 5.91 Å². The number of aromatic nitrogens is 1. The van der Waals surface area contributed by atoms with E-state index in [1.165, 1.54) is 37.4 Å². The molecule has 2 rings (SSSR count). The first-order chi connectivity index (χ1) is 10.1. The molecule has 0 saturated heterocycles. The van der Waals surface area contributed by atoms with Gasteiger partial charge in [-0.2, -0.15) is 0 Å². The summed E-state index contributed by atoms with van der Waals surface area (Å²) in [7, 11) is 0. The Morgan fingerprint density at radius 3 is 2.62 bits per heavy atom. The fourth-order valence-electron chi connectivity index (χ4n) is 1.58. The molecule has 0 unspecified atom stereocenters. The van der Waals surface area contributed by atoms with Crippen molar-refractivity contribution in [2.45, 2.75) is 13.5 Å². The van der Waals surface area contributed by atoms with Crippen molar-refractivity contribution < 1.29 is 18.7 Å². The van der Waals surface area contributed by atoms with Gasteiger partial charge in [-0.25, -0.2) is 4.39 Å². The fraction of sp³-hybridized carbons (Fsp3) is 0.133. The number of rotatable bonds is 4. The number of esters is 1. The average molecular weight is 288 g/mol. The van der Waals surface area contributed by atoms with E-state index in [0.717, 1.165) is 0 Å². The molecule has 0 saturated carbocycles. The Hall–Kier alpha value is -2.76. The molecule has 0 atom stereocenters. The van der Waals surface area contributed by atoms with Gasteiger partial charge in [0.1, 0.15) is 12.4 Å². The minimum Gasteiger partial charge on any atom is -0.459 e. The topological polar surface area (TPSA) is 68.3 Å². The molecule has 0 aliphatic heterocycles. The fourth-order valence-corrected chi connectivity index (χ4v) is 1.58. The molecule has 6 heteroatoms. The van der Waals surface area contributed by atoms with E-state index in [0.29, 0.717) is 5.69 Å². The lowest BCUT2D eigenvalue weighted by atomic mass is 10.2. The monoisotopic (exact) mass is 288 g/mol. The summed E-state index contributed by atoms with van der Waals surface area (Å²) in [6.07, 6.45) is 1.34. The lowest BCUT2D eigenvalue weighted by Gasteiger charge is -2.06. The van der Waals surface area contributed by atoms with Crippen LogP contribution in [0.4, 0.5) is 10.1 Å². The number of nitrogens with zero attached hydrogens (tertiary/aromatic N) is 1. The molecule has 0 fully saturated rings. The van der Waals surface area contributed by atoms with Gasteiger partial charge in [-0.15, -0.1) is 0 Å². The maximum absolute atomic E-state index is 13.4. The van der Waals surface area contributed by atoms with Crippen LogP contribution in [0.1, 0.15) is 23.0 Å². The molecule has 1 aromatic carbocycles. The lowest BCUT2D eigenvalue weighted by molar-refractivity contribution is -0.142. The van der Waals surface area contributed by atoms with E-state index in [1.54, 1.807) is 12.1 Å². The van der Waals surface area contributed by atoms with Gasteiger partial charge in [0.05, 0.1) is 16.9 Å². The van der Waals surface area contributed by atoms with Gasteiger partial charge in [-0.1, -0.05) is 12.1 Å². The zero-order valence-corrected chi connectivity index (χ0v) is 11.3. The summed E-state index contributed by atoms with van der Waals surface area (Å²) in [6.45, 7) is 1.35. The number of anilines is 1. The number of carbonyl (C=O) groups is 2. The summed E-state index contributed by atoms with van der Waals surface area (Å²) >= 11 is 0. The third-order valence-electron chi connectivity index (χ3n) is 2.63. The van der Waals surface area contributed by atoms with E-state index in [2.05, 4.69) is 10.3 Å². The molecule has 0 aliphatic carbocycles.